The van der Waals surface area contributed by atoms with Gasteiger partial charge in [0.15, 0.2) is 0 Å². The van der Waals surface area contributed by atoms with E-state index in [9.17, 15) is 0 Å². The summed E-state index contributed by atoms with van der Waals surface area (Å²) in [5, 5.41) is 3.35. The fourth-order valence-electron chi connectivity index (χ4n) is 0.798. The van der Waals surface area contributed by atoms with Gasteiger partial charge in [0.25, 0.3) is 0 Å². The zero-order valence-corrected chi connectivity index (χ0v) is 8.04. The number of anilines is 1. The van der Waals surface area contributed by atoms with Gasteiger partial charge in [-0.2, -0.15) is 0 Å². The van der Waals surface area contributed by atoms with Crippen LogP contribution in [0.5, 0.6) is 0 Å². The minimum absolute atomic E-state index is 0.191. The third-order valence-corrected chi connectivity index (χ3v) is 1.71. The molecule has 5 heteroatoms. The normalized spacial score (nSPS) is 10.9. The van der Waals surface area contributed by atoms with Crippen LogP contribution in [-0.4, -0.2) is 23.6 Å². The van der Waals surface area contributed by atoms with Gasteiger partial charge in [-0.15, -0.1) is 0 Å². The molecule has 0 amide bonds. The minimum Gasteiger partial charge on any atom is -0.368 e. The number of nitrogens with one attached hydrogen (secondary N) is 1. The zero-order chi connectivity index (χ0) is 9.68. The molecular weight excluding hydrogens is 188 g/mol. The summed E-state index contributed by atoms with van der Waals surface area (Å²) in [6.45, 7) is 0.778. The average molecular weight is 199 g/mol. The summed E-state index contributed by atoms with van der Waals surface area (Å²) < 4.78 is 0. The molecular formula is C8H11ClN4. The van der Waals surface area contributed by atoms with Gasteiger partial charge in [0, 0.05) is 18.3 Å². The van der Waals surface area contributed by atoms with Crippen molar-refractivity contribution >= 4 is 23.6 Å². The van der Waals surface area contributed by atoms with Crippen molar-refractivity contribution < 1.29 is 0 Å². The first-order valence-electron chi connectivity index (χ1n) is 3.83. The number of likely N-dealkylation sites (N-methyl/N-ethyl adjacent to an activating group) is 1. The minimum atomic E-state index is 0.191. The van der Waals surface area contributed by atoms with Gasteiger partial charge in [0.2, 0.25) is 5.95 Å². The van der Waals surface area contributed by atoms with Crippen molar-refractivity contribution in [3.05, 3.63) is 23.0 Å². The molecule has 0 unspecified atom stereocenters. The topological polar surface area (TPSA) is 63.8 Å². The molecule has 0 atom stereocenters. The first kappa shape index (κ1) is 9.95. The van der Waals surface area contributed by atoms with Gasteiger partial charge in [0.05, 0.1) is 0 Å². The van der Waals surface area contributed by atoms with Crippen LogP contribution in [0, 0.1) is 0 Å². The lowest BCUT2D eigenvalue weighted by atomic mass is 10.3. The van der Waals surface area contributed by atoms with Gasteiger partial charge in [-0.05, 0) is 7.05 Å². The summed E-state index contributed by atoms with van der Waals surface area (Å²) in [6, 6.07) is 0. The molecule has 1 rings (SSSR count). The standard InChI is InChI=1S/C8H11ClN4/c1-11-4-2-3-6-5-12-8(10)13-7(6)9/h2-3,5,11H,4H2,1H3,(H2,10,12,13). The molecule has 70 valence electrons. The van der Waals surface area contributed by atoms with Crippen molar-refractivity contribution in [2.75, 3.05) is 19.3 Å². The first-order chi connectivity index (χ1) is 6.24. The van der Waals surface area contributed by atoms with Crippen LogP contribution in [-0.2, 0) is 0 Å². The van der Waals surface area contributed by atoms with E-state index in [0.717, 1.165) is 12.1 Å². The average Bonchev–Trinajstić information content (AvgIpc) is 2.09. The maximum Gasteiger partial charge on any atom is 0.221 e. The Hall–Kier alpha value is -1.13. The molecule has 0 saturated carbocycles. The summed E-state index contributed by atoms with van der Waals surface area (Å²) in [6.07, 6.45) is 5.37. The summed E-state index contributed by atoms with van der Waals surface area (Å²) in [4.78, 5) is 7.64. The van der Waals surface area contributed by atoms with Crippen molar-refractivity contribution in [1.82, 2.24) is 15.3 Å². The number of nitrogens with zero attached hydrogens (tertiary/aromatic N) is 2. The number of halogens is 1. The fraction of sp³-hybridized carbons (Fsp3) is 0.250. The van der Waals surface area contributed by atoms with Crippen LogP contribution in [0.1, 0.15) is 5.56 Å². The molecule has 1 aromatic heterocycles. The lowest BCUT2D eigenvalue weighted by Gasteiger charge is -1.97. The van der Waals surface area contributed by atoms with Crippen molar-refractivity contribution in [3.8, 4) is 0 Å². The Morgan fingerprint density at radius 2 is 2.46 bits per heavy atom. The molecule has 0 aliphatic heterocycles. The van der Waals surface area contributed by atoms with Crippen molar-refractivity contribution in [2.45, 2.75) is 0 Å². The molecule has 0 aromatic carbocycles. The number of nitrogens with two attached hydrogens (primary N) is 1. The predicted molar refractivity (Wildman–Crippen MR) is 54.4 cm³/mol. The van der Waals surface area contributed by atoms with Crippen LogP contribution < -0.4 is 11.1 Å². The van der Waals surface area contributed by atoms with Crippen LogP contribution in [0.25, 0.3) is 6.08 Å². The van der Waals surface area contributed by atoms with E-state index < -0.39 is 0 Å². The SMILES string of the molecule is CNCC=Cc1cnc(N)nc1Cl. The van der Waals surface area contributed by atoms with Crippen LogP contribution >= 0.6 is 11.6 Å². The third kappa shape index (κ3) is 3.01. The molecule has 1 heterocycles. The quantitative estimate of drug-likeness (QED) is 0.710. The summed E-state index contributed by atoms with van der Waals surface area (Å²) in [7, 11) is 1.87. The van der Waals surface area contributed by atoms with Gasteiger partial charge in [-0.1, -0.05) is 23.8 Å². The van der Waals surface area contributed by atoms with Crippen molar-refractivity contribution in [1.29, 1.82) is 0 Å². The zero-order valence-electron chi connectivity index (χ0n) is 7.29. The molecule has 4 nitrogen and oxygen atoms in total. The number of hydrogen-bond acceptors (Lipinski definition) is 4. The van der Waals surface area contributed by atoms with E-state index in [1.165, 1.54) is 0 Å². The second-order valence-electron chi connectivity index (χ2n) is 2.43. The highest BCUT2D eigenvalue weighted by Gasteiger charge is 1.98. The highest BCUT2D eigenvalue weighted by atomic mass is 35.5. The van der Waals surface area contributed by atoms with E-state index >= 15 is 0 Å². The molecule has 0 bridgehead atoms. The molecule has 0 radical (unpaired) electrons. The van der Waals surface area contributed by atoms with Crippen LogP contribution in [0.3, 0.4) is 0 Å². The van der Waals surface area contributed by atoms with Crippen molar-refractivity contribution in [3.63, 3.8) is 0 Å². The van der Waals surface area contributed by atoms with Gasteiger partial charge >= 0.3 is 0 Å². The third-order valence-electron chi connectivity index (χ3n) is 1.41. The Labute approximate surface area is 81.8 Å². The predicted octanol–water partition coefficient (Wildman–Crippen LogP) is 0.945. The molecule has 0 aliphatic rings. The summed E-state index contributed by atoms with van der Waals surface area (Å²) in [5.74, 6) is 0.191. The van der Waals surface area contributed by atoms with E-state index in [0.29, 0.717) is 5.15 Å². The maximum atomic E-state index is 5.81. The lowest BCUT2D eigenvalue weighted by Crippen LogP contribution is -2.03. The number of hydrogen-bond donors (Lipinski definition) is 2. The monoisotopic (exact) mass is 198 g/mol. The van der Waals surface area contributed by atoms with Crippen LogP contribution in [0.4, 0.5) is 5.95 Å². The number of nitrogen functional groups attached to an aromatic ring is 1. The van der Waals surface area contributed by atoms with Crippen LogP contribution in [0.2, 0.25) is 5.15 Å². The molecule has 0 saturated heterocycles. The summed E-state index contributed by atoms with van der Waals surface area (Å²) in [5.41, 5.74) is 6.11. The Balaban J connectivity index is 2.77. The van der Waals surface area contributed by atoms with Gasteiger partial charge in [0.1, 0.15) is 5.15 Å². The Morgan fingerprint density at radius 1 is 1.69 bits per heavy atom. The van der Waals surface area contributed by atoms with Gasteiger partial charge < -0.3 is 11.1 Å². The van der Waals surface area contributed by atoms with E-state index in [-0.39, 0.29) is 5.95 Å². The molecule has 0 spiro atoms. The highest BCUT2D eigenvalue weighted by molar-refractivity contribution is 6.30. The number of aromatic nitrogens is 2. The lowest BCUT2D eigenvalue weighted by molar-refractivity contribution is 0.922. The Bertz CT molecular complexity index is 311. The molecule has 13 heavy (non-hydrogen) atoms. The highest BCUT2D eigenvalue weighted by Crippen LogP contribution is 2.13. The second-order valence-corrected chi connectivity index (χ2v) is 2.79. The Morgan fingerprint density at radius 3 is 3.08 bits per heavy atom. The molecule has 0 fully saturated rings. The van der Waals surface area contributed by atoms with E-state index in [1.807, 2.05) is 19.2 Å². The Kier molecular flexibility index (Phi) is 3.67. The van der Waals surface area contributed by atoms with E-state index in [4.69, 9.17) is 17.3 Å². The fourth-order valence-corrected chi connectivity index (χ4v) is 0.997. The number of rotatable bonds is 3. The first-order valence-corrected chi connectivity index (χ1v) is 4.21. The second kappa shape index (κ2) is 4.79. The molecule has 1 aromatic rings. The van der Waals surface area contributed by atoms with Crippen molar-refractivity contribution in [2.24, 2.45) is 0 Å². The largest absolute Gasteiger partial charge is 0.368 e. The molecule has 0 aliphatic carbocycles. The smallest absolute Gasteiger partial charge is 0.221 e. The molecule has 3 N–H and O–H groups in total. The summed E-state index contributed by atoms with van der Waals surface area (Å²) >= 11 is 5.81. The van der Waals surface area contributed by atoms with E-state index in [1.54, 1.807) is 6.20 Å². The van der Waals surface area contributed by atoms with Gasteiger partial charge in [-0.3, -0.25) is 0 Å². The maximum absolute atomic E-state index is 5.81. The van der Waals surface area contributed by atoms with Gasteiger partial charge in [-0.25, -0.2) is 9.97 Å². The van der Waals surface area contributed by atoms with Crippen LogP contribution in [0.15, 0.2) is 12.3 Å². The van der Waals surface area contributed by atoms with E-state index in [2.05, 4.69) is 15.3 Å².